The van der Waals surface area contributed by atoms with Crippen LogP contribution >= 0.6 is 0 Å². The van der Waals surface area contributed by atoms with Gasteiger partial charge in [0.1, 0.15) is 6.33 Å². The average molecular weight is 430 g/mol. The first kappa shape index (κ1) is 22.0. The smallest absolute Gasteiger partial charge is 0.155 e. The van der Waals surface area contributed by atoms with Crippen LogP contribution in [0.1, 0.15) is 46.7 Å². The van der Waals surface area contributed by atoms with Gasteiger partial charge in [0.25, 0.3) is 0 Å². The van der Waals surface area contributed by atoms with Crippen molar-refractivity contribution < 1.29 is 15.3 Å². The Labute approximate surface area is 188 Å². The lowest BCUT2D eigenvalue weighted by atomic mass is 9.85. The monoisotopic (exact) mass is 429 g/mol. The molecule has 0 bridgehead atoms. The van der Waals surface area contributed by atoms with E-state index in [1.165, 1.54) is 12.5 Å². The van der Waals surface area contributed by atoms with Crippen LogP contribution in [0.15, 0.2) is 61.1 Å². The van der Waals surface area contributed by atoms with Gasteiger partial charge in [0.2, 0.25) is 0 Å². The Bertz CT molecular complexity index is 1100. The molecule has 0 saturated carbocycles. The Balaban J connectivity index is 1.43. The van der Waals surface area contributed by atoms with Gasteiger partial charge < -0.3 is 20.6 Å². The molecular formula is C26H27N3O3. The molecule has 1 atom stereocenters. The van der Waals surface area contributed by atoms with E-state index in [0.717, 1.165) is 48.2 Å². The molecule has 1 unspecified atom stereocenters. The highest BCUT2D eigenvalue weighted by atomic mass is 16.3. The zero-order chi connectivity index (χ0) is 22.4. The van der Waals surface area contributed by atoms with Crippen molar-refractivity contribution in [1.29, 1.82) is 0 Å². The summed E-state index contributed by atoms with van der Waals surface area (Å²) in [4.78, 5) is 7.88. The second kappa shape index (κ2) is 9.92. The predicted molar refractivity (Wildman–Crippen MR) is 122 cm³/mol. The van der Waals surface area contributed by atoms with E-state index in [-0.39, 0.29) is 18.3 Å². The largest absolute Gasteiger partial charge is 0.504 e. The molecular weight excluding hydrogens is 402 g/mol. The van der Waals surface area contributed by atoms with E-state index in [9.17, 15) is 15.3 Å². The van der Waals surface area contributed by atoms with Crippen LogP contribution in [0.25, 0.3) is 0 Å². The molecule has 1 aliphatic heterocycles. The molecule has 1 fully saturated rings. The minimum absolute atomic E-state index is 0.0340. The highest BCUT2D eigenvalue weighted by Gasteiger charge is 2.30. The van der Waals surface area contributed by atoms with E-state index in [1.807, 2.05) is 48.5 Å². The Hall–Kier alpha value is -3.24. The van der Waals surface area contributed by atoms with E-state index in [0.29, 0.717) is 12.1 Å². The highest BCUT2D eigenvalue weighted by molar-refractivity contribution is 5.45. The first-order chi connectivity index (χ1) is 15.6. The Morgan fingerprint density at radius 3 is 2.19 bits per heavy atom. The highest BCUT2D eigenvalue weighted by Crippen LogP contribution is 2.30. The van der Waals surface area contributed by atoms with E-state index in [2.05, 4.69) is 27.1 Å². The number of nitrogens with one attached hydrogen (secondary N) is 1. The van der Waals surface area contributed by atoms with Crippen LogP contribution in [-0.4, -0.2) is 45.0 Å². The minimum atomic E-state index is -0.751. The van der Waals surface area contributed by atoms with Crippen molar-refractivity contribution in [3.63, 3.8) is 0 Å². The molecule has 2 aromatic carbocycles. The molecule has 32 heavy (non-hydrogen) atoms. The second-order valence-corrected chi connectivity index (χ2v) is 8.17. The summed E-state index contributed by atoms with van der Waals surface area (Å²) in [6, 6.07) is 15.6. The minimum Gasteiger partial charge on any atom is -0.504 e. The van der Waals surface area contributed by atoms with Gasteiger partial charge in [-0.3, -0.25) is 0 Å². The maximum absolute atomic E-state index is 10.8. The fourth-order valence-corrected chi connectivity index (χ4v) is 4.00. The number of rotatable bonds is 5. The lowest BCUT2D eigenvalue weighted by molar-refractivity contribution is 0.00594. The Morgan fingerprint density at radius 2 is 1.59 bits per heavy atom. The fraction of sp³-hybridized carbons (Fsp3) is 0.308. The van der Waals surface area contributed by atoms with Gasteiger partial charge in [-0.1, -0.05) is 36.1 Å². The standard InChI is InChI=1S/C26H27N3O3/c30-17-22(15-24-25(31)16-28-18-29-24)21-7-3-19(4-8-21)1-2-20-5-9-23(10-6-20)26(32)11-13-27-14-12-26/h3-10,16,18,22,27,30-32H,11-15,17H2. The predicted octanol–water partition coefficient (Wildman–Crippen LogP) is 2.47. The van der Waals surface area contributed by atoms with Crippen molar-refractivity contribution in [2.75, 3.05) is 19.7 Å². The summed E-state index contributed by atoms with van der Waals surface area (Å²) in [6.45, 7) is 1.60. The maximum Gasteiger partial charge on any atom is 0.155 e. The zero-order valence-corrected chi connectivity index (χ0v) is 17.8. The molecule has 1 saturated heterocycles. The number of aromatic nitrogens is 2. The molecule has 0 aliphatic carbocycles. The number of aromatic hydroxyl groups is 1. The van der Waals surface area contributed by atoms with Gasteiger partial charge in [-0.05, 0) is 61.3 Å². The van der Waals surface area contributed by atoms with E-state index in [4.69, 9.17) is 0 Å². The third kappa shape index (κ3) is 5.14. The number of aliphatic hydroxyl groups is 2. The van der Waals surface area contributed by atoms with Crippen LogP contribution in [0.5, 0.6) is 5.75 Å². The van der Waals surface area contributed by atoms with E-state index < -0.39 is 5.60 Å². The molecule has 4 rings (SSSR count). The van der Waals surface area contributed by atoms with E-state index >= 15 is 0 Å². The molecule has 4 N–H and O–H groups in total. The Morgan fingerprint density at radius 1 is 0.969 bits per heavy atom. The topological polar surface area (TPSA) is 98.5 Å². The molecule has 6 nitrogen and oxygen atoms in total. The summed E-state index contributed by atoms with van der Waals surface area (Å²) in [5, 5.41) is 33.8. The molecule has 0 amide bonds. The number of aliphatic hydroxyl groups excluding tert-OH is 1. The Kier molecular flexibility index (Phi) is 6.81. The quantitative estimate of drug-likeness (QED) is 0.465. The number of hydrogen-bond acceptors (Lipinski definition) is 6. The van der Waals surface area contributed by atoms with Crippen molar-refractivity contribution in [2.45, 2.75) is 30.8 Å². The van der Waals surface area contributed by atoms with Gasteiger partial charge in [0.05, 0.1) is 24.1 Å². The van der Waals surface area contributed by atoms with Crippen molar-refractivity contribution in [3.05, 3.63) is 89.0 Å². The first-order valence-electron chi connectivity index (χ1n) is 10.8. The van der Waals surface area contributed by atoms with Crippen LogP contribution in [0.4, 0.5) is 0 Å². The van der Waals surface area contributed by atoms with Gasteiger partial charge >= 0.3 is 0 Å². The number of piperidine rings is 1. The van der Waals surface area contributed by atoms with Crippen molar-refractivity contribution in [2.24, 2.45) is 0 Å². The number of hydrogen-bond donors (Lipinski definition) is 4. The summed E-state index contributed by atoms with van der Waals surface area (Å²) in [6.07, 6.45) is 4.60. The van der Waals surface area contributed by atoms with Gasteiger partial charge in [-0.15, -0.1) is 0 Å². The molecule has 164 valence electrons. The van der Waals surface area contributed by atoms with Crippen molar-refractivity contribution in [3.8, 4) is 17.6 Å². The van der Waals surface area contributed by atoms with Gasteiger partial charge in [0, 0.05) is 23.5 Å². The molecule has 3 aromatic rings. The molecule has 0 radical (unpaired) electrons. The van der Waals surface area contributed by atoms with Crippen LogP contribution < -0.4 is 5.32 Å². The molecule has 0 spiro atoms. The zero-order valence-electron chi connectivity index (χ0n) is 17.8. The fourth-order valence-electron chi connectivity index (χ4n) is 4.00. The average Bonchev–Trinajstić information content (AvgIpc) is 2.83. The molecule has 2 heterocycles. The lowest BCUT2D eigenvalue weighted by Gasteiger charge is -2.33. The molecule has 6 heteroatoms. The van der Waals surface area contributed by atoms with E-state index in [1.54, 1.807) is 0 Å². The summed E-state index contributed by atoms with van der Waals surface area (Å²) in [7, 11) is 0. The molecule has 1 aromatic heterocycles. The molecule has 1 aliphatic rings. The van der Waals surface area contributed by atoms with Crippen LogP contribution in [-0.2, 0) is 12.0 Å². The van der Waals surface area contributed by atoms with Gasteiger partial charge in [-0.25, -0.2) is 9.97 Å². The van der Waals surface area contributed by atoms with Gasteiger partial charge in [-0.2, -0.15) is 0 Å². The third-order valence-electron chi connectivity index (χ3n) is 6.02. The summed E-state index contributed by atoms with van der Waals surface area (Å²) in [5.41, 5.74) is 3.42. The summed E-state index contributed by atoms with van der Waals surface area (Å²) in [5.74, 6) is 6.20. The number of nitrogens with zero attached hydrogens (tertiary/aromatic N) is 2. The summed E-state index contributed by atoms with van der Waals surface area (Å²) < 4.78 is 0. The SMILES string of the molecule is OCC(Cc1ncncc1O)c1ccc(C#Cc2ccc(C3(O)CCNCC3)cc2)cc1. The van der Waals surface area contributed by atoms with Gasteiger partial charge in [0.15, 0.2) is 5.75 Å². The van der Waals surface area contributed by atoms with Crippen molar-refractivity contribution >= 4 is 0 Å². The van der Waals surface area contributed by atoms with Crippen LogP contribution in [0, 0.1) is 11.8 Å². The third-order valence-corrected chi connectivity index (χ3v) is 6.02. The van der Waals surface area contributed by atoms with Crippen LogP contribution in [0.3, 0.4) is 0 Å². The summed E-state index contributed by atoms with van der Waals surface area (Å²) >= 11 is 0. The van der Waals surface area contributed by atoms with Crippen LogP contribution in [0.2, 0.25) is 0 Å². The lowest BCUT2D eigenvalue weighted by Crippen LogP contribution is -2.39. The second-order valence-electron chi connectivity index (χ2n) is 8.17. The van der Waals surface area contributed by atoms with Crippen molar-refractivity contribution in [1.82, 2.24) is 15.3 Å². The maximum atomic E-state index is 10.8. The number of benzene rings is 2. The normalized spacial score (nSPS) is 16.1. The first-order valence-corrected chi connectivity index (χ1v) is 10.8.